The van der Waals surface area contributed by atoms with E-state index in [1.807, 2.05) is 12.1 Å². The summed E-state index contributed by atoms with van der Waals surface area (Å²) < 4.78 is 27.1. The number of thiophene rings is 1. The van der Waals surface area contributed by atoms with E-state index in [-0.39, 0.29) is 10.8 Å². The number of carboxylic acids is 1. The first-order valence-corrected chi connectivity index (χ1v) is 9.28. The lowest BCUT2D eigenvalue weighted by Crippen LogP contribution is -2.26. The van der Waals surface area contributed by atoms with Crippen molar-refractivity contribution in [1.29, 1.82) is 0 Å². The summed E-state index contributed by atoms with van der Waals surface area (Å²) in [5.74, 6) is -1.35. The third-order valence-electron chi connectivity index (χ3n) is 2.27. The highest BCUT2D eigenvalue weighted by molar-refractivity contribution is 9.11. The quantitative estimate of drug-likeness (QED) is 0.779. The van der Waals surface area contributed by atoms with Crippen molar-refractivity contribution in [1.82, 2.24) is 9.71 Å². The van der Waals surface area contributed by atoms with Crippen molar-refractivity contribution in [2.75, 3.05) is 6.54 Å². The number of rotatable bonds is 6. The monoisotopic (exact) mass is 396 g/mol. The summed E-state index contributed by atoms with van der Waals surface area (Å²) in [4.78, 5) is 15.5. The van der Waals surface area contributed by atoms with Crippen LogP contribution in [0.25, 0.3) is 0 Å². The van der Waals surface area contributed by atoms with Crippen molar-refractivity contribution in [3.8, 4) is 0 Å². The van der Waals surface area contributed by atoms with Gasteiger partial charge in [0.25, 0.3) is 10.0 Å². The molecule has 10 heteroatoms. The summed E-state index contributed by atoms with van der Waals surface area (Å²) in [6.07, 6.45) is 0.538. The number of sulfonamides is 1. The Morgan fingerprint density at radius 3 is 2.80 bits per heavy atom. The highest BCUT2D eigenvalue weighted by atomic mass is 79.9. The van der Waals surface area contributed by atoms with Gasteiger partial charge in [0.2, 0.25) is 0 Å². The number of thiazole rings is 1. The Bertz CT molecular complexity index is 722. The molecule has 0 radical (unpaired) electrons. The number of nitrogens with zero attached hydrogens (tertiary/aromatic N) is 1. The minimum atomic E-state index is -3.84. The van der Waals surface area contributed by atoms with Crippen LogP contribution in [0.1, 0.15) is 15.4 Å². The van der Waals surface area contributed by atoms with Crippen LogP contribution in [0.2, 0.25) is 0 Å². The van der Waals surface area contributed by atoms with Crippen molar-refractivity contribution in [2.45, 2.75) is 10.6 Å². The van der Waals surface area contributed by atoms with Crippen LogP contribution in [-0.4, -0.2) is 31.0 Å². The summed E-state index contributed by atoms with van der Waals surface area (Å²) in [6.45, 7) is 0.201. The SMILES string of the molecule is O=C(O)c1ncsc1S(=O)(=O)NCCc1ccc(Br)s1. The fourth-order valence-electron chi connectivity index (χ4n) is 1.43. The number of carbonyl (C=O) groups is 1. The molecule has 108 valence electrons. The van der Waals surface area contributed by atoms with Crippen molar-refractivity contribution < 1.29 is 18.3 Å². The van der Waals surface area contributed by atoms with E-state index < -0.39 is 21.7 Å². The Morgan fingerprint density at radius 1 is 1.45 bits per heavy atom. The van der Waals surface area contributed by atoms with Gasteiger partial charge in [-0.2, -0.15) is 0 Å². The lowest BCUT2D eigenvalue weighted by atomic mass is 10.3. The Labute approximate surface area is 131 Å². The summed E-state index contributed by atoms with van der Waals surface area (Å²) in [5.41, 5.74) is 0.760. The van der Waals surface area contributed by atoms with Crippen LogP contribution < -0.4 is 4.72 Å². The van der Waals surface area contributed by atoms with Gasteiger partial charge in [-0.05, 0) is 34.5 Å². The lowest BCUT2D eigenvalue weighted by molar-refractivity contribution is 0.0687. The zero-order valence-electron chi connectivity index (χ0n) is 9.87. The molecule has 0 fully saturated rings. The predicted molar refractivity (Wildman–Crippen MR) is 80.0 cm³/mol. The number of aromatic carboxylic acids is 1. The van der Waals surface area contributed by atoms with Crippen molar-refractivity contribution in [3.63, 3.8) is 0 Å². The van der Waals surface area contributed by atoms with E-state index in [9.17, 15) is 13.2 Å². The van der Waals surface area contributed by atoms with Gasteiger partial charge < -0.3 is 5.11 Å². The van der Waals surface area contributed by atoms with Gasteiger partial charge in [-0.25, -0.2) is 22.9 Å². The summed E-state index contributed by atoms with van der Waals surface area (Å²) in [7, 11) is -3.84. The molecular formula is C10H9BrN2O4S3. The average Bonchev–Trinajstić information content (AvgIpc) is 2.97. The first-order valence-electron chi connectivity index (χ1n) is 5.31. The number of hydrogen-bond acceptors (Lipinski definition) is 6. The molecule has 2 aromatic heterocycles. The number of hydrogen-bond donors (Lipinski definition) is 2. The number of halogens is 1. The Kier molecular flexibility index (Phi) is 4.91. The molecule has 0 aromatic carbocycles. The van der Waals surface area contributed by atoms with E-state index in [0.717, 1.165) is 20.0 Å². The van der Waals surface area contributed by atoms with Crippen LogP contribution >= 0.6 is 38.6 Å². The molecule has 0 spiro atoms. The first-order chi connectivity index (χ1) is 9.40. The number of carboxylic acid groups (broad SMARTS) is 1. The fourth-order valence-corrected chi connectivity index (χ4v) is 5.13. The molecule has 0 saturated carbocycles. The first kappa shape index (κ1) is 15.6. The molecule has 0 aliphatic heterocycles. The molecule has 0 saturated heterocycles. The Morgan fingerprint density at radius 2 is 2.20 bits per heavy atom. The summed E-state index contributed by atoms with van der Waals surface area (Å²) >= 11 is 5.64. The fraction of sp³-hybridized carbons (Fsp3) is 0.200. The molecule has 2 rings (SSSR count). The maximum atomic E-state index is 12.0. The van der Waals surface area contributed by atoms with Gasteiger partial charge in [0.15, 0.2) is 9.90 Å². The van der Waals surface area contributed by atoms with Gasteiger partial charge in [-0.1, -0.05) is 0 Å². The number of nitrogens with one attached hydrogen (secondary N) is 1. The molecule has 2 aromatic rings. The standard InChI is InChI=1S/C10H9BrN2O4S3/c11-7-2-1-6(19-7)3-4-13-20(16,17)10-8(9(14)15)12-5-18-10/h1-2,5,13H,3-4H2,(H,14,15). The molecule has 0 bridgehead atoms. The molecule has 2 heterocycles. The highest BCUT2D eigenvalue weighted by Crippen LogP contribution is 2.23. The normalized spacial score (nSPS) is 11.7. The van der Waals surface area contributed by atoms with Crippen LogP contribution in [-0.2, 0) is 16.4 Å². The van der Waals surface area contributed by atoms with E-state index in [1.165, 1.54) is 16.8 Å². The smallest absolute Gasteiger partial charge is 0.356 e. The van der Waals surface area contributed by atoms with Crippen LogP contribution in [0.3, 0.4) is 0 Å². The third-order valence-corrected chi connectivity index (χ3v) is 6.79. The van der Waals surface area contributed by atoms with Crippen LogP contribution in [0.15, 0.2) is 25.6 Å². The van der Waals surface area contributed by atoms with Gasteiger partial charge in [-0.3, -0.25) is 0 Å². The maximum absolute atomic E-state index is 12.0. The minimum Gasteiger partial charge on any atom is -0.476 e. The largest absolute Gasteiger partial charge is 0.476 e. The van der Waals surface area contributed by atoms with Crippen molar-refractivity contribution in [2.24, 2.45) is 0 Å². The second-order valence-corrected chi connectivity index (χ2v) is 9.01. The molecule has 20 heavy (non-hydrogen) atoms. The van der Waals surface area contributed by atoms with Crippen LogP contribution in [0.4, 0.5) is 0 Å². The van der Waals surface area contributed by atoms with E-state index in [0.29, 0.717) is 6.42 Å². The molecule has 0 amide bonds. The van der Waals surface area contributed by atoms with Crippen LogP contribution in [0.5, 0.6) is 0 Å². The third kappa shape index (κ3) is 3.64. The van der Waals surface area contributed by atoms with E-state index in [2.05, 4.69) is 25.6 Å². The number of aromatic nitrogens is 1. The lowest BCUT2D eigenvalue weighted by Gasteiger charge is -2.04. The summed E-state index contributed by atoms with van der Waals surface area (Å²) in [5, 5.41) is 8.87. The second-order valence-electron chi connectivity index (χ2n) is 3.65. The highest BCUT2D eigenvalue weighted by Gasteiger charge is 2.25. The zero-order chi connectivity index (χ0) is 14.8. The van der Waals surface area contributed by atoms with Gasteiger partial charge in [0.05, 0.1) is 9.30 Å². The molecular weight excluding hydrogens is 388 g/mol. The van der Waals surface area contributed by atoms with E-state index >= 15 is 0 Å². The topological polar surface area (TPSA) is 96.4 Å². The second kappa shape index (κ2) is 6.31. The molecule has 0 aliphatic carbocycles. The molecule has 2 N–H and O–H groups in total. The van der Waals surface area contributed by atoms with E-state index in [4.69, 9.17) is 5.11 Å². The molecule has 0 aliphatic rings. The molecule has 6 nitrogen and oxygen atoms in total. The molecule has 0 unspecified atom stereocenters. The van der Waals surface area contributed by atoms with E-state index in [1.54, 1.807) is 0 Å². The maximum Gasteiger partial charge on any atom is 0.356 e. The van der Waals surface area contributed by atoms with Crippen LogP contribution in [0, 0.1) is 0 Å². The van der Waals surface area contributed by atoms with Crippen molar-refractivity contribution in [3.05, 3.63) is 32.0 Å². The predicted octanol–water partition coefficient (Wildman–Crippen LogP) is 2.19. The Balaban J connectivity index is 2.04. The van der Waals surface area contributed by atoms with Gasteiger partial charge in [0, 0.05) is 11.4 Å². The zero-order valence-corrected chi connectivity index (χ0v) is 13.9. The van der Waals surface area contributed by atoms with Crippen molar-refractivity contribution >= 4 is 54.6 Å². The van der Waals surface area contributed by atoms with Gasteiger partial charge in [-0.15, -0.1) is 22.7 Å². The molecule has 0 atom stereocenters. The Hall–Kier alpha value is -0.810. The van der Waals surface area contributed by atoms with Gasteiger partial charge in [0.1, 0.15) is 0 Å². The minimum absolute atomic E-state index is 0.201. The average molecular weight is 397 g/mol. The van der Waals surface area contributed by atoms with Gasteiger partial charge >= 0.3 is 5.97 Å². The summed E-state index contributed by atoms with van der Waals surface area (Å²) in [6, 6.07) is 3.79.